The van der Waals surface area contributed by atoms with Crippen molar-refractivity contribution in [1.29, 1.82) is 0 Å². The fraction of sp³-hybridized carbons (Fsp3) is 0.625. The molecule has 0 unspecified atom stereocenters. The first-order valence-corrected chi connectivity index (χ1v) is 4.11. The molecule has 0 aliphatic carbocycles. The average Bonchev–Trinajstić information content (AvgIpc) is 2.06. The molecule has 2 aliphatic heterocycles. The summed E-state index contributed by atoms with van der Waals surface area (Å²) in [6.45, 7) is 2.84. The molecule has 1 N–H and O–H groups in total. The van der Waals surface area contributed by atoms with Gasteiger partial charge in [-0.2, -0.15) is 0 Å². The number of rotatable bonds is 0. The minimum atomic E-state index is 0.107. The Morgan fingerprint density at radius 1 is 1.45 bits per heavy atom. The summed E-state index contributed by atoms with van der Waals surface area (Å²) >= 11 is 0. The van der Waals surface area contributed by atoms with Crippen LogP contribution >= 0.6 is 0 Å². The highest BCUT2D eigenvalue weighted by molar-refractivity contribution is 5.93. The average molecular weight is 152 g/mol. The maximum absolute atomic E-state index is 11.2. The number of allylic oxidation sites excluding steroid dienone is 1. The van der Waals surface area contributed by atoms with Crippen LogP contribution in [0.2, 0.25) is 0 Å². The van der Waals surface area contributed by atoms with Crippen LogP contribution in [0.1, 0.15) is 12.8 Å². The Morgan fingerprint density at radius 2 is 2.36 bits per heavy atom. The predicted octanol–water partition coefficient (Wildman–Crippen LogP) is 0.0959. The van der Waals surface area contributed by atoms with Crippen molar-refractivity contribution >= 4 is 5.91 Å². The molecule has 0 atom stereocenters. The van der Waals surface area contributed by atoms with E-state index in [0.29, 0.717) is 0 Å². The van der Waals surface area contributed by atoms with Crippen LogP contribution in [0.15, 0.2) is 11.8 Å². The number of carbonyl (C=O) groups is 1. The zero-order chi connectivity index (χ0) is 7.68. The molecule has 0 aromatic heterocycles. The van der Waals surface area contributed by atoms with Gasteiger partial charge in [-0.25, -0.2) is 0 Å². The molecular formula is C8H12N2O. The first-order valence-electron chi connectivity index (χ1n) is 4.11. The lowest BCUT2D eigenvalue weighted by Gasteiger charge is -2.33. The highest BCUT2D eigenvalue weighted by Crippen LogP contribution is 2.16. The van der Waals surface area contributed by atoms with Crippen LogP contribution in [-0.4, -0.2) is 30.4 Å². The van der Waals surface area contributed by atoms with E-state index in [9.17, 15) is 4.79 Å². The van der Waals surface area contributed by atoms with Gasteiger partial charge >= 0.3 is 0 Å². The van der Waals surface area contributed by atoms with Gasteiger partial charge in [0, 0.05) is 19.6 Å². The summed E-state index contributed by atoms with van der Waals surface area (Å²) < 4.78 is 0. The Bertz CT molecular complexity index is 210. The van der Waals surface area contributed by atoms with Gasteiger partial charge in [0.25, 0.3) is 5.91 Å². The molecule has 1 amide bonds. The van der Waals surface area contributed by atoms with Gasteiger partial charge in [0.15, 0.2) is 0 Å². The second-order valence-electron chi connectivity index (χ2n) is 2.97. The summed E-state index contributed by atoms with van der Waals surface area (Å²) in [5, 5.41) is 2.83. The molecule has 1 saturated heterocycles. The SMILES string of the molecule is O=C1NCCN2CCCC=C12. The first kappa shape index (κ1) is 6.70. The van der Waals surface area contributed by atoms with Crippen molar-refractivity contribution in [1.82, 2.24) is 10.2 Å². The van der Waals surface area contributed by atoms with Gasteiger partial charge in [0.05, 0.1) is 5.70 Å². The first-order chi connectivity index (χ1) is 5.38. The molecule has 2 heterocycles. The Hall–Kier alpha value is -0.990. The molecule has 0 bridgehead atoms. The van der Waals surface area contributed by atoms with E-state index in [-0.39, 0.29) is 5.91 Å². The van der Waals surface area contributed by atoms with Crippen LogP contribution < -0.4 is 5.32 Å². The number of carbonyl (C=O) groups excluding carboxylic acids is 1. The molecule has 0 radical (unpaired) electrons. The van der Waals surface area contributed by atoms with Crippen molar-refractivity contribution in [2.75, 3.05) is 19.6 Å². The molecule has 0 aromatic rings. The molecular weight excluding hydrogens is 140 g/mol. The van der Waals surface area contributed by atoms with Crippen LogP contribution in [0.25, 0.3) is 0 Å². The monoisotopic (exact) mass is 152 g/mol. The minimum Gasteiger partial charge on any atom is -0.366 e. The highest BCUT2D eigenvalue weighted by Gasteiger charge is 2.23. The number of fused-ring (bicyclic) bond motifs is 1. The van der Waals surface area contributed by atoms with Crippen LogP contribution in [0, 0.1) is 0 Å². The van der Waals surface area contributed by atoms with E-state index < -0.39 is 0 Å². The van der Waals surface area contributed by atoms with E-state index in [1.54, 1.807) is 0 Å². The third kappa shape index (κ3) is 1.11. The highest BCUT2D eigenvalue weighted by atomic mass is 16.2. The Morgan fingerprint density at radius 3 is 3.18 bits per heavy atom. The van der Waals surface area contributed by atoms with Gasteiger partial charge in [0.2, 0.25) is 0 Å². The fourth-order valence-corrected chi connectivity index (χ4v) is 1.63. The topological polar surface area (TPSA) is 32.3 Å². The number of nitrogens with zero attached hydrogens (tertiary/aromatic N) is 1. The van der Waals surface area contributed by atoms with Gasteiger partial charge in [-0.15, -0.1) is 0 Å². The Balaban J connectivity index is 2.21. The third-order valence-corrected chi connectivity index (χ3v) is 2.21. The summed E-state index contributed by atoms with van der Waals surface area (Å²) in [5.41, 5.74) is 0.891. The lowest BCUT2D eigenvalue weighted by atomic mass is 10.1. The molecule has 2 aliphatic rings. The summed E-state index contributed by atoms with van der Waals surface area (Å²) in [7, 11) is 0. The smallest absolute Gasteiger partial charge is 0.267 e. The van der Waals surface area contributed by atoms with Gasteiger partial charge in [0.1, 0.15) is 0 Å². The predicted molar refractivity (Wildman–Crippen MR) is 41.9 cm³/mol. The van der Waals surface area contributed by atoms with Crippen molar-refractivity contribution in [3.05, 3.63) is 11.8 Å². The van der Waals surface area contributed by atoms with Gasteiger partial charge in [-0.1, -0.05) is 6.08 Å². The van der Waals surface area contributed by atoms with E-state index in [0.717, 1.165) is 31.8 Å². The van der Waals surface area contributed by atoms with Crippen molar-refractivity contribution in [3.8, 4) is 0 Å². The number of hydrogen-bond donors (Lipinski definition) is 1. The fourth-order valence-electron chi connectivity index (χ4n) is 1.63. The van der Waals surface area contributed by atoms with E-state index in [2.05, 4.69) is 10.2 Å². The summed E-state index contributed by atoms with van der Waals surface area (Å²) in [6.07, 6.45) is 4.29. The third-order valence-electron chi connectivity index (χ3n) is 2.21. The standard InChI is InChI=1S/C8H12N2O/c11-8-7-3-1-2-5-10(7)6-4-9-8/h3H,1-2,4-6H2,(H,9,11). The number of nitrogens with one attached hydrogen (secondary N) is 1. The van der Waals surface area contributed by atoms with Crippen LogP contribution in [-0.2, 0) is 4.79 Å². The van der Waals surface area contributed by atoms with E-state index in [4.69, 9.17) is 0 Å². The molecule has 11 heavy (non-hydrogen) atoms. The molecule has 3 nitrogen and oxygen atoms in total. The van der Waals surface area contributed by atoms with Crippen molar-refractivity contribution < 1.29 is 4.79 Å². The van der Waals surface area contributed by atoms with Gasteiger partial charge < -0.3 is 10.2 Å². The van der Waals surface area contributed by atoms with Crippen LogP contribution in [0.4, 0.5) is 0 Å². The summed E-state index contributed by atoms with van der Waals surface area (Å²) in [6, 6.07) is 0. The lowest BCUT2D eigenvalue weighted by Crippen LogP contribution is -2.47. The van der Waals surface area contributed by atoms with Crippen molar-refractivity contribution in [2.24, 2.45) is 0 Å². The zero-order valence-electron chi connectivity index (χ0n) is 6.47. The summed E-state index contributed by atoms with van der Waals surface area (Å²) in [5.74, 6) is 0.107. The Labute approximate surface area is 66.1 Å². The van der Waals surface area contributed by atoms with Crippen molar-refractivity contribution in [2.45, 2.75) is 12.8 Å². The summed E-state index contributed by atoms with van der Waals surface area (Å²) in [4.78, 5) is 13.4. The van der Waals surface area contributed by atoms with E-state index in [1.165, 1.54) is 6.42 Å². The normalized spacial score (nSPS) is 23.8. The largest absolute Gasteiger partial charge is 0.366 e. The second-order valence-corrected chi connectivity index (χ2v) is 2.97. The lowest BCUT2D eigenvalue weighted by molar-refractivity contribution is -0.120. The molecule has 3 heteroatoms. The van der Waals surface area contributed by atoms with Gasteiger partial charge in [-0.3, -0.25) is 4.79 Å². The van der Waals surface area contributed by atoms with E-state index in [1.807, 2.05) is 6.08 Å². The number of piperazine rings is 1. The minimum absolute atomic E-state index is 0.107. The maximum Gasteiger partial charge on any atom is 0.267 e. The van der Waals surface area contributed by atoms with E-state index >= 15 is 0 Å². The number of amides is 1. The van der Waals surface area contributed by atoms with Crippen molar-refractivity contribution in [3.63, 3.8) is 0 Å². The molecule has 2 rings (SSSR count). The maximum atomic E-state index is 11.2. The Kier molecular flexibility index (Phi) is 1.56. The second kappa shape index (κ2) is 2.57. The molecule has 60 valence electrons. The molecule has 0 aromatic carbocycles. The zero-order valence-corrected chi connectivity index (χ0v) is 6.47. The number of hydrogen-bond acceptors (Lipinski definition) is 2. The van der Waals surface area contributed by atoms with Crippen LogP contribution in [0.5, 0.6) is 0 Å². The quantitative estimate of drug-likeness (QED) is 0.533. The molecule has 1 fully saturated rings. The van der Waals surface area contributed by atoms with Crippen LogP contribution in [0.3, 0.4) is 0 Å². The molecule has 0 saturated carbocycles. The molecule has 0 spiro atoms. The van der Waals surface area contributed by atoms with Gasteiger partial charge in [-0.05, 0) is 12.8 Å².